The van der Waals surface area contributed by atoms with Crippen LogP contribution in [0.5, 0.6) is 0 Å². The summed E-state index contributed by atoms with van der Waals surface area (Å²) in [5, 5.41) is 10.4. The second kappa shape index (κ2) is 4.73. The number of nitrogens with one attached hydrogen (secondary N) is 1. The van der Waals surface area contributed by atoms with Crippen molar-refractivity contribution >= 4 is 11.5 Å². The Bertz CT molecular complexity index is 584. The van der Waals surface area contributed by atoms with Gasteiger partial charge < -0.3 is 15.7 Å². The molecule has 2 rings (SSSR count). The molecule has 1 aliphatic carbocycles. The van der Waals surface area contributed by atoms with Crippen LogP contribution in [-0.4, -0.2) is 33.9 Å². The summed E-state index contributed by atoms with van der Waals surface area (Å²) >= 11 is 0. The number of nitrogen functional groups attached to an aromatic ring is 1. The largest absolute Gasteiger partial charge is 0.388 e. The molecule has 1 aromatic heterocycles. The van der Waals surface area contributed by atoms with E-state index in [0.29, 0.717) is 6.54 Å². The minimum atomic E-state index is -0.775. The number of hydrogen-bond donors (Lipinski definition) is 3. The second-order valence-corrected chi connectivity index (χ2v) is 5.34. The standard InChI is InChI=1S/C12H20N4O3/c1-15(7-12(19)5-3-4-6-12)8-9(13)16(2)11(18)14-10(8)17/h19H,3-7,13H2,1-2H3,(H,14,17,18). The summed E-state index contributed by atoms with van der Waals surface area (Å²) in [6, 6.07) is 0. The highest BCUT2D eigenvalue weighted by Gasteiger charge is 2.33. The summed E-state index contributed by atoms with van der Waals surface area (Å²) in [5.74, 6) is 0.109. The van der Waals surface area contributed by atoms with Crippen molar-refractivity contribution in [2.45, 2.75) is 31.3 Å². The third-order valence-corrected chi connectivity index (χ3v) is 3.79. The Morgan fingerprint density at radius 1 is 1.42 bits per heavy atom. The van der Waals surface area contributed by atoms with Crippen molar-refractivity contribution in [2.75, 3.05) is 24.2 Å². The summed E-state index contributed by atoms with van der Waals surface area (Å²) in [7, 11) is 3.19. The van der Waals surface area contributed by atoms with E-state index in [1.807, 2.05) is 0 Å². The predicted molar refractivity (Wildman–Crippen MR) is 73.4 cm³/mol. The molecule has 106 valence electrons. The van der Waals surface area contributed by atoms with Crippen molar-refractivity contribution in [1.82, 2.24) is 9.55 Å². The zero-order valence-electron chi connectivity index (χ0n) is 11.3. The molecule has 7 heteroatoms. The van der Waals surface area contributed by atoms with Crippen LogP contribution in [0.4, 0.5) is 11.5 Å². The highest BCUT2D eigenvalue weighted by molar-refractivity contribution is 5.62. The van der Waals surface area contributed by atoms with Gasteiger partial charge in [0.2, 0.25) is 0 Å². The molecule has 1 aromatic rings. The molecule has 0 radical (unpaired) electrons. The van der Waals surface area contributed by atoms with Crippen molar-refractivity contribution in [3.63, 3.8) is 0 Å². The zero-order chi connectivity index (χ0) is 14.2. The van der Waals surface area contributed by atoms with Crippen molar-refractivity contribution in [3.8, 4) is 0 Å². The highest BCUT2D eigenvalue weighted by atomic mass is 16.3. The monoisotopic (exact) mass is 268 g/mol. The Morgan fingerprint density at radius 3 is 2.58 bits per heavy atom. The lowest BCUT2D eigenvalue weighted by molar-refractivity contribution is 0.0559. The average molecular weight is 268 g/mol. The molecular weight excluding hydrogens is 248 g/mol. The number of likely N-dealkylation sites (N-methyl/N-ethyl adjacent to an activating group) is 1. The maximum Gasteiger partial charge on any atom is 0.329 e. The lowest BCUT2D eigenvalue weighted by Crippen LogP contribution is -2.43. The number of H-pyrrole nitrogens is 1. The van der Waals surface area contributed by atoms with Gasteiger partial charge in [-0.1, -0.05) is 12.8 Å². The van der Waals surface area contributed by atoms with Crippen molar-refractivity contribution in [2.24, 2.45) is 7.05 Å². The van der Waals surface area contributed by atoms with Crippen LogP contribution in [0.2, 0.25) is 0 Å². The minimum Gasteiger partial charge on any atom is -0.388 e. The van der Waals surface area contributed by atoms with Gasteiger partial charge in [0.1, 0.15) is 11.5 Å². The van der Waals surface area contributed by atoms with Gasteiger partial charge in [-0.05, 0) is 12.8 Å². The molecule has 4 N–H and O–H groups in total. The van der Waals surface area contributed by atoms with E-state index in [-0.39, 0.29) is 11.5 Å². The normalized spacial score (nSPS) is 17.6. The smallest absolute Gasteiger partial charge is 0.329 e. The molecule has 0 spiro atoms. The molecule has 0 aliphatic heterocycles. The van der Waals surface area contributed by atoms with Crippen LogP contribution in [0.25, 0.3) is 0 Å². The zero-order valence-corrected chi connectivity index (χ0v) is 11.3. The van der Waals surface area contributed by atoms with Gasteiger partial charge in [-0.3, -0.25) is 14.3 Å². The first-order valence-corrected chi connectivity index (χ1v) is 6.36. The van der Waals surface area contributed by atoms with E-state index in [1.54, 1.807) is 11.9 Å². The Kier molecular flexibility index (Phi) is 3.40. The Balaban J connectivity index is 2.34. The lowest BCUT2D eigenvalue weighted by atomic mass is 10.0. The molecule has 1 fully saturated rings. The summed E-state index contributed by atoms with van der Waals surface area (Å²) in [4.78, 5) is 27.1. The van der Waals surface area contributed by atoms with E-state index < -0.39 is 16.9 Å². The van der Waals surface area contributed by atoms with Gasteiger partial charge in [-0.25, -0.2) is 4.79 Å². The number of anilines is 2. The van der Waals surface area contributed by atoms with E-state index in [1.165, 1.54) is 11.6 Å². The molecule has 0 aromatic carbocycles. The molecule has 0 saturated heterocycles. The Morgan fingerprint density at radius 2 is 2.00 bits per heavy atom. The predicted octanol–water partition coefficient (Wildman–Crippen LogP) is -0.603. The van der Waals surface area contributed by atoms with Gasteiger partial charge in [-0.15, -0.1) is 0 Å². The first-order valence-electron chi connectivity index (χ1n) is 6.36. The fourth-order valence-corrected chi connectivity index (χ4v) is 2.71. The fourth-order valence-electron chi connectivity index (χ4n) is 2.71. The number of hydrogen-bond acceptors (Lipinski definition) is 5. The molecule has 0 atom stereocenters. The molecule has 1 heterocycles. The Hall–Kier alpha value is -1.76. The Labute approximate surface area is 110 Å². The average Bonchev–Trinajstić information content (AvgIpc) is 2.72. The maximum absolute atomic E-state index is 11.9. The number of aromatic amines is 1. The highest BCUT2D eigenvalue weighted by Crippen LogP contribution is 2.31. The molecule has 0 bridgehead atoms. The molecule has 0 unspecified atom stereocenters. The third kappa shape index (κ3) is 2.51. The van der Waals surface area contributed by atoms with E-state index >= 15 is 0 Å². The minimum absolute atomic E-state index is 0.109. The SMILES string of the molecule is CN(CC1(O)CCCC1)c1c(N)n(C)c(=O)[nH]c1=O. The van der Waals surface area contributed by atoms with Gasteiger partial charge >= 0.3 is 5.69 Å². The van der Waals surface area contributed by atoms with E-state index in [9.17, 15) is 14.7 Å². The van der Waals surface area contributed by atoms with Crippen LogP contribution in [0.3, 0.4) is 0 Å². The van der Waals surface area contributed by atoms with Crippen LogP contribution in [0, 0.1) is 0 Å². The number of aromatic nitrogens is 2. The summed E-state index contributed by atoms with van der Waals surface area (Å²) < 4.78 is 1.19. The molecule has 1 saturated carbocycles. The van der Waals surface area contributed by atoms with Gasteiger partial charge in [0, 0.05) is 20.6 Å². The molecular formula is C12H20N4O3. The van der Waals surface area contributed by atoms with E-state index in [4.69, 9.17) is 5.73 Å². The van der Waals surface area contributed by atoms with Crippen LogP contribution in [0.15, 0.2) is 9.59 Å². The number of aliphatic hydroxyl groups is 1. The molecule has 7 nitrogen and oxygen atoms in total. The maximum atomic E-state index is 11.9. The number of nitrogens with two attached hydrogens (primary N) is 1. The van der Waals surface area contributed by atoms with Crippen molar-refractivity contribution < 1.29 is 5.11 Å². The van der Waals surface area contributed by atoms with E-state index in [0.717, 1.165) is 25.7 Å². The topological polar surface area (TPSA) is 104 Å². The number of rotatable bonds is 3. The first-order chi connectivity index (χ1) is 8.84. The van der Waals surface area contributed by atoms with Crippen molar-refractivity contribution in [1.29, 1.82) is 0 Å². The second-order valence-electron chi connectivity index (χ2n) is 5.34. The first kappa shape index (κ1) is 13.7. The molecule has 19 heavy (non-hydrogen) atoms. The lowest BCUT2D eigenvalue weighted by Gasteiger charge is -2.30. The van der Waals surface area contributed by atoms with Gasteiger partial charge in [0.25, 0.3) is 5.56 Å². The quantitative estimate of drug-likeness (QED) is 0.679. The third-order valence-electron chi connectivity index (χ3n) is 3.79. The van der Waals surface area contributed by atoms with Gasteiger partial charge in [-0.2, -0.15) is 0 Å². The fraction of sp³-hybridized carbons (Fsp3) is 0.667. The van der Waals surface area contributed by atoms with Crippen molar-refractivity contribution in [3.05, 3.63) is 20.8 Å². The van der Waals surface area contributed by atoms with Gasteiger partial charge in [0.05, 0.1) is 5.60 Å². The molecule has 1 aliphatic rings. The van der Waals surface area contributed by atoms with Crippen LogP contribution < -0.4 is 21.9 Å². The van der Waals surface area contributed by atoms with Crippen LogP contribution in [-0.2, 0) is 7.05 Å². The summed E-state index contributed by atoms with van der Waals surface area (Å²) in [5.41, 5.74) is 4.21. The summed E-state index contributed by atoms with van der Waals surface area (Å²) in [6.07, 6.45) is 3.43. The molecule has 0 amide bonds. The van der Waals surface area contributed by atoms with E-state index in [2.05, 4.69) is 4.98 Å². The van der Waals surface area contributed by atoms with Gasteiger partial charge in [0.15, 0.2) is 0 Å². The van der Waals surface area contributed by atoms with Crippen LogP contribution in [0.1, 0.15) is 25.7 Å². The summed E-state index contributed by atoms with van der Waals surface area (Å²) in [6.45, 7) is 0.332. The number of nitrogens with zero attached hydrogens (tertiary/aromatic N) is 2. The van der Waals surface area contributed by atoms with Crippen LogP contribution >= 0.6 is 0 Å².